The van der Waals surface area contributed by atoms with E-state index in [1.54, 1.807) is 6.20 Å². The molecule has 0 aliphatic carbocycles. The summed E-state index contributed by atoms with van der Waals surface area (Å²) in [6.07, 6.45) is 8.03. The summed E-state index contributed by atoms with van der Waals surface area (Å²) < 4.78 is 0. The highest BCUT2D eigenvalue weighted by Gasteiger charge is 2.29. The number of para-hydroxylation sites is 1. The van der Waals surface area contributed by atoms with E-state index in [0.29, 0.717) is 18.9 Å². The lowest BCUT2D eigenvalue weighted by atomic mass is 9.91. The summed E-state index contributed by atoms with van der Waals surface area (Å²) in [6, 6.07) is 12.0. The maximum atomic E-state index is 13.5. The van der Waals surface area contributed by atoms with Gasteiger partial charge in [0.05, 0.1) is 17.9 Å². The van der Waals surface area contributed by atoms with Gasteiger partial charge >= 0.3 is 0 Å². The maximum absolute atomic E-state index is 13.5. The van der Waals surface area contributed by atoms with E-state index >= 15 is 0 Å². The van der Waals surface area contributed by atoms with Crippen molar-refractivity contribution < 1.29 is 4.79 Å². The molecule has 31 heavy (non-hydrogen) atoms. The number of anilines is 3. The van der Waals surface area contributed by atoms with Gasteiger partial charge in [-0.15, -0.1) is 0 Å². The SMILES string of the molecule is CCNCCCCC1CCN(CC(=O)N2c3ccccc3CNc3cccnc32)CC1. The van der Waals surface area contributed by atoms with Gasteiger partial charge in [-0.25, -0.2) is 4.98 Å². The zero-order chi connectivity index (χ0) is 21.5. The molecule has 166 valence electrons. The molecule has 0 bridgehead atoms. The van der Waals surface area contributed by atoms with Crippen LogP contribution in [0.4, 0.5) is 17.2 Å². The third kappa shape index (κ3) is 5.43. The Morgan fingerprint density at radius 1 is 1.16 bits per heavy atom. The number of carbonyl (C=O) groups is 1. The van der Waals surface area contributed by atoms with Gasteiger partial charge in [-0.05, 0) is 75.1 Å². The number of likely N-dealkylation sites (tertiary alicyclic amines) is 1. The number of fused-ring (bicyclic) bond motifs is 2. The van der Waals surface area contributed by atoms with Crippen molar-refractivity contribution in [3.63, 3.8) is 0 Å². The fraction of sp³-hybridized carbons (Fsp3) is 0.520. The van der Waals surface area contributed by atoms with Crippen LogP contribution in [0.3, 0.4) is 0 Å². The first-order valence-corrected chi connectivity index (χ1v) is 11.8. The Morgan fingerprint density at radius 2 is 2.00 bits per heavy atom. The van der Waals surface area contributed by atoms with Crippen molar-refractivity contribution in [3.05, 3.63) is 48.2 Å². The van der Waals surface area contributed by atoms with Gasteiger partial charge in [-0.2, -0.15) is 0 Å². The molecule has 1 aromatic heterocycles. The van der Waals surface area contributed by atoms with Crippen LogP contribution in [0.5, 0.6) is 0 Å². The molecule has 6 heteroatoms. The van der Waals surface area contributed by atoms with Gasteiger partial charge in [-0.3, -0.25) is 14.6 Å². The second-order valence-electron chi connectivity index (χ2n) is 8.65. The Morgan fingerprint density at radius 3 is 2.84 bits per heavy atom. The summed E-state index contributed by atoms with van der Waals surface area (Å²) >= 11 is 0. The molecule has 0 saturated carbocycles. The maximum Gasteiger partial charge on any atom is 0.246 e. The highest BCUT2D eigenvalue weighted by molar-refractivity contribution is 6.04. The second kappa shape index (κ2) is 10.7. The van der Waals surface area contributed by atoms with E-state index in [4.69, 9.17) is 0 Å². The highest BCUT2D eigenvalue weighted by Crippen LogP contribution is 2.36. The number of aromatic nitrogens is 1. The van der Waals surface area contributed by atoms with Crippen LogP contribution in [0.25, 0.3) is 0 Å². The van der Waals surface area contributed by atoms with Crippen LogP contribution in [0.15, 0.2) is 42.6 Å². The summed E-state index contributed by atoms with van der Waals surface area (Å²) in [5.74, 6) is 1.60. The Balaban J connectivity index is 1.37. The summed E-state index contributed by atoms with van der Waals surface area (Å²) in [4.78, 5) is 22.2. The highest BCUT2D eigenvalue weighted by atomic mass is 16.2. The smallest absolute Gasteiger partial charge is 0.246 e. The van der Waals surface area contributed by atoms with Crippen LogP contribution in [0, 0.1) is 5.92 Å². The molecule has 3 heterocycles. The number of nitrogens with one attached hydrogen (secondary N) is 2. The number of nitrogens with zero attached hydrogens (tertiary/aromatic N) is 3. The minimum atomic E-state index is 0.0974. The Labute approximate surface area is 186 Å². The molecule has 0 unspecified atom stereocenters. The third-order valence-electron chi connectivity index (χ3n) is 6.48. The van der Waals surface area contributed by atoms with Crippen molar-refractivity contribution in [2.24, 2.45) is 5.92 Å². The summed E-state index contributed by atoms with van der Waals surface area (Å²) in [7, 11) is 0. The monoisotopic (exact) mass is 421 g/mol. The normalized spacial score (nSPS) is 16.9. The van der Waals surface area contributed by atoms with E-state index < -0.39 is 0 Å². The van der Waals surface area contributed by atoms with E-state index in [-0.39, 0.29) is 5.91 Å². The Hall–Kier alpha value is -2.44. The molecule has 4 rings (SSSR count). The fourth-order valence-corrected chi connectivity index (χ4v) is 4.70. The van der Waals surface area contributed by atoms with Crippen LogP contribution in [-0.2, 0) is 11.3 Å². The second-order valence-corrected chi connectivity index (χ2v) is 8.65. The van der Waals surface area contributed by atoms with Gasteiger partial charge in [0.25, 0.3) is 0 Å². The largest absolute Gasteiger partial charge is 0.378 e. The van der Waals surface area contributed by atoms with Crippen LogP contribution >= 0.6 is 0 Å². The predicted molar refractivity (Wildman–Crippen MR) is 127 cm³/mol. The summed E-state index contributed by atoms with van der Waals surface area (Å²) in [5.41, 5.74) is 2.96. The quantitative estimate of drug-likeness (QED) is 0.627. The van der Waals surface area contributed by atoms with Crippen molar-refractivity contribution >= 4 is 23.1 Å². The number of piperidine rings is 1. The standard InChI is InChI=1S/C25H35N5O/c1-2-26-14-6-5-8-20-12-16-29(17-13-20)19-24(31)30-23-11-4-3-9-21(23)18-28-22-10-7-15-27-25(22)30/h3-4,7,9-11,15,20,26,28H,2,5-6,8,12-14,16-19H2,1H3. The number of amides is 1. The lowest BCUT2D eigenvalue weighted by molar-refractivity contribution is -0.119. The molecular weight excluding hydrogens is 386 g/mol. The van der Waals surface area contributed by atoms with Crippen molar-refractivity contribution in [2.75, 3.05) is 42.9 Å². The molecule has 0 spiro atoms. The summed E-state index contributed by atoms with van der Waals surface area (Å²) in [6.45, 7) is 7.50. The van der Waals surface area contributed by atoms with Gasteiger partial charge < -0.3 is 10.6 Å². The van der Waals surface area contributed by atoms with E-state index in [2.05, 4.69) is 33.5 Å². The van der Waals surface area contributed by atoms with Gasteiger partial charge in [0.15, 0.2) is 5.82 Å². The van der Waals surface area contributed by atoms with E-state index in [1.807, 2.05) is 35.2 Å². The van der Waals surface area contributed by atoms with E-state index in [1.165, 1.54) is 32.1 Å². The minimum Gasteiger partial charge on any atom is -0.378 e. The average Bonchev–Trinajstić information content (AvgIpc) is 2.97. The first-order valence-electron chi connectivity index (χ1n) is 11.8. The zero-order valence-electron chi connectivity index (χ0n) is 18.6. The molecule has 2 aromatic rings. The van der Waals surface area contributed by atoms with Crippen LogP contribution in [-0.4, -0.2) is 48.5 Å². The zero-order valence-corrected chi connectivity index (χ0v) is 18.6. The number of rotatable bonds is 8. The number of carbonyl (C=O) groups excluding carboxylic acids is 1. The molecule has 2 aliphatic rings. The number of hydrogen-bond acceptors (Lipinski definition) is 5. The number of pyridine rings is 1. The molecule has 2 aliphatic heterocycles. The van der Waals surface area contributed by atoms with Crippen LogP contribution in [0.1, 0.15) is 44.6 Å². The minimum absolute atomic E-state index is 0.0974. The molecule has 2 N–H and O–H groups in total. The molecule has 0 atom stereocenters. The lowest BCUT2D eigenvalue weighted by Gasteiger charge is -2.33. The average molecular weight is 422 g/mol. The van der Waals surface area contributed by atoms with Crippen LogP contribution < -0.4 is 15.5 Å². The van der Waals surface area contributed by atoms with Gasteiger partial charge in [-0.1, -0.05) is 38.0 Å². The Kier molecular flexibility index (Phi) is 7.54. The predicted octanol–water partition coefficient (Wildman–Crippen LogP) is 4.16. The van der Waals surface area contributed by atoms with Crippen molar-refractivity contribution in [3.8, 4) is 0 Å². The third-order valence-corrected chi connectivity index (χ3v) is 6.48. The van der Waals surface area contributed by atoms with Crippen molar-refractivity contribution in [1.82, 2.24) is 15.2 Å². The van der Waals surface area contributed by atoms with Gasteiger partial charge in [0.1, 0.15) is 0 Å². The fourth-order valence-electron chi connectivity index (χ4n) is 4.70. The molecule has 1 fully saturated rings. The molecule has 1 amide bonds. The number of unbranched alkanes of at least 4 members (excludes halogenated alkanes) is 1. The first-order chi connectivity index (χ1) is 15.3. The topological polar surface area (TPSA) is 60.5 Å². The number of benzene rings is 1. The first kappa shape index (κ1) is 21.8. The summed E-state index contributed by atoms with van der Waals surface area (Å²) in [5, 5.41) is 6.84. The molecular formula is C25H35N5O. The lowest BCUT2D eigenvalue weighted by Crippen LogP contribution is -2.42. The Bertz CT molecular complexity index is 815. The van der Waals surface area contributed by atoms with Gasteiger partial charge in [0, 0.05) is 12.7 Å². The van der Waals surface area contributed by atoms with E-state index in [0.717, 1.165) is 49.0 Å². The van der Waals surface area contributed by atoms with Crippen molar-refractivity contribution in [1.29, 1.82) is 0 Å². The molecule has 1 aromatic carbocycles. The molecule has 1 saturated heterocycles. The van der Waals surface area contributed by atoms with Gasteiger partial charge in [0.2, 0.25) is 5.91 Å². The van der Waals surface area contributed by atoms with E-state index in [9.17, 15) is 4.79 Å². The number of hydrogen-bond donors (Lipinski definition) is 2. The molecule has 6 nitrogen and oxygen atoms in total. The van der Waals surface area contributed by atoms with Crippen molar-refractivity contribution in [2.45, 2.75) is 45.6 Å². The van der Waals surface area contributed by atoms with Crippen LogP contribution in [0.2, 0.25) is 0 Å². The molecule has 0 radical (unpaired) electrons.